The van der Waals surface area contributed by atoms with Crippen LogP contribution in [-0.2, 0) is 19.5 Å². The minimum atomic E-state index is -0.238. The van der Waals surface area contributed by atoms with Gasteiger partial charge in [0.25, 0.3) is 5.91 Å². The van der Waals surface area contributed by atoms with E-state index in [1.807, 2.05) is 43.7 Å². The van der Waals surface area contributed by atoms with Crippen LogP contribution in [0.2, 0.25) is 0 Å². The highest BCUT2D eigenvalue weighted by Gasteiger charge is 2.20. The van der Waals surface area contributed by atoms with Crippen molar-refractivity contribution in [3.05, 3.63) is 69.9 Å². The molecule has 0 unspecified atom stereocenters. The summed E-state index contributed by atoms with van der Waals surface area (Å²) < 4.78 is 7.12. The van der Waals surface area contributed by atoms with Crippen LogP contribution in [0.25, 0.3) is 0 Å². The molecule has 0 aliphatic carbocycles. The van der Waals surface area contributed by atoms with Crippen LogP contribution < -0.4 is 5.32 Å². The second-order valence-corrected chi connectivity index (χ2v) is 6.50. The second kappa shape index (κ2) is 7.56. The fourth-order valence-electron chi connectivity index (χ4n) is 2.90. The number of aromatic nitrogens is 3. The van der Waals surface area contributed by atoms with Gasteiger partial charge in [-0.2, -0.15) is 5.10 Å². The van der Waals surface area contributed by atoms with E-state index in [1.165, 1.54) is 5.56 Å². The zero-order valence-corrected chi connectivity index (χ0v) is 15.7. The highest BCUT2D eigenvalue weighted by Crippen LogP contribution is 2.16. The van der Waals surface area contributed by atoms with Gasteiger partial charge in [-0.15, -0.1) is 0 Å². The van der Waals surface area contributed by atoms with Crippen molar-refractivity contribution in [1.82, 2.24) is 20.3 Å². The zero-order valence-electron chi connectivity index (χ0n) is 15.7. The first-order chi connectivity index (χ1) is 12.5. The van der Waals surface area contributed by atoms with Gasteiger partial charge in [-0.3, -0.25) is 9.48 Å². The highest BCUT2D eigenvalue weighted by molar-refractivity contribution is 5.93. The van der Waals surface area contributed by atoms with E-state index >= 15 is 0 Å². The van der Waals surface area contributed by atoms with Crippen LogP contribution >= 0.6 is 0 Å². The van der Waals surface area contributed by atoms with Gasteiger partial charge in [0, 0.05) is 17.8 Å². The maximum atomic E-state index is 12.6. The van der Waals surface area contributed by atoms with Crippen molar-refractivity contribution >= 4 is 5.91 Å². The average Bonchev–Trinajstić information content (AvgIpc) is 3.15. The summed E-state index contributed by atoms with van der Waals surface area (Å²) in [6, 6.07) is 10.2. The predicted octanol–water partition coefficient (Wildman–Crippen LogP) is 3.34. The topological polar surface area (TPSA) is 73.0 Å². The van der Waals surface area contributed by atoms with Gasteiger partial charge in [0.2, 0.25) is 0 Å². The van der Waals surface area contributed by atoms with Crippen molar-refractivity contribution in [3.8, 4) is 0 Å². The van der Waals surface area contributed by atoms with Gasteiger partial charge in [-0.05, 0) is 44.4 Å². The second-order valence-electron chi connectivity index (χ2n) is 6.50. The van der Waals surface area contributed by atoms with Crippen molar-refractivity contribution in [2.24, 2.45) is 0 Å². The quantitative estimate of drug-likeness (QED) is 0.738. The van der Waals surface area contributed by atoms with Crippen LogP contribution in [0.5, 0.6) is 0 Å². The lowest BCUT2D eigenvalue weighted by atomic mass is 10.1. The lowest BCUT2D eigenvalue weighted by Gasteiger charge is -2.07. The third-order valence-corrected chi connectivity index (χ3v) is 4.50. The molecule has 0 saturated heterocycles. The Labute approximate surface area is 153 Å². The first-order valence-corrected chi connectivity index (χ1v) is 8.80. The molecule has 3 rings (SSSR count). The van der Waals surface area contributed by atoms with Gasteiger partial charge in [-0.1, -0.05) is 36.3 Å². The van der Waals surface area contributed by atoms with Crippen molar-refractivity contribution in [3.63, 3.8) is 0 Å². The van der Waals surface area contributed by atoms with Crippen LogP contribution in [0, 0.1) is 20.8 Å². The van der Waals surface area contributed by atoms with Crippen LogP contribution in [0.1, 0.15) is 51.3 Å². The molecule has 2 heterocycles. The summed E-state index contributed by atoms with van der Waals surface area (Å²) in [4.78, 5) is 12.6. The van der Waals surface area contributed by atoms with E-state index < -0.39 is 0 Å². The van der Waals surface area contributed by atoms with Gasteiger partial charge in [0.15, 0.2) is 5.69 Å². The molecule has 0 spiro atoms. The van der Waals surface area contributed by atoms with Crippen LogP contribution in [0.15, 0.2) is 34.9 Å². The fourth-order valence-corrected chi connectivity index (χ4v) is 2.90. The summed E-state index contributed by atoms with van der Waals surface area (Å²) in [5.41, 5.74) is 5.38. The standard InChI is InChI=1S/C20H24N4O2/c1-5-16-6-8-17(9-7-16)11-21-20(25)19-18(15(4)26-23-19)12-24-14(3)10-13(2)22-24/h6-10H,5,11-12H2,1-4H3,(H,21,25). The normalized spacial score (nSPS) is 10.9. The van der Waals surface area contributed by atoms with Gasteiger partial charge < -0.3 is 9.84 Å². The van der Waals surface area contributed by atoms with Crippen molar-refractivity contribution < 1.29 is 9.32 Å². The molecular weight excluding hydrogens is 328 g/mol. The molecule has 0 aliphatic heterocycles. The van der Waals surface area contributed by atoms with Gasteiger partial charge in [0.1, 0.15) is 5.76 Å². The summed E-state index contributed by atoms with van der Waals surface area (Å²) in [6.07, 6.45) is 1.00. The molecule has 26 heavy (non-hydrogen) atoms. The number of nitrogens with zero attached hydrogens (tertiary/aromatic N) is 3. The third kappa shape index (κ3) is 3.85. The molecule has 0 fully saturated rings. The number of nitrogens with one attached hydrogen (secondary N) is 1. The number of amides is 1. The Morgan fingerprint density at radius 2 is 1.85 bits per heavy atom. The Bertz CT molecular complexity index is 907. The molecule has 1 aromatic carbocycles. The Kier molecular flexibility index (Phi) is 5.21. The van der Waals surface area contributed by atoms with Crippen molar-refractivity contribution in [2.75, 3.05) is 0 Å². The molecule has 0 aliphatic rings. The number of aryl methyl sites for hydroxylation is 4. The summed E-state index contributed by atoms with van der Waals surface area (Å²) in [5.74, 6) is 0.396. The molecule has 0 atom stereocenters. The van der Waals surface area contributed by atoms with E-state index in [-0.39, 0.29) is 5.91 Å². The smallest absolute Gasteiger partial charge is 0.274 e. The molecule has 1 amide bonds. The van der Waals surface area contributed by atoms with Crippen molar-refractivity contribution in [1.29, 1.82) is 0 Å². The van der Waals surface area contributed by atoms with Gasteiger partial charge >= 0.3 is 0 Å². The molecule has 0 bridgehead atoms. The highest BCUT2D eigenvalue weighted by atomic mass is 16.5. The minimum absolute atomic E-state index is 0.238. The van der Waals surface area contributed by atoms with E-state index in [2.05, 4.69) is 34.6 Å². The van der Waals surface area contributed by atoms with E-state index in [1.54, 1.807) is 0 Å². The molecule has 3 aromatic rings. The Morgan fingerprint density at radius 1 is 1.15 bits per heavy atom. The molecular formula is C20H24N4O2. The van der Waals surface area contributed by atoms with Crippen LogP contribution in [-0.4, -0.2) is 20.8 Å². The summed E-state index contributed by atoms with van der Waals surface area (Å²) >= 11 is 0. The number of hydrogen-bond donors (Lipinski definition) is 1. The molecule has 0 radical (unpaired) electrons. The Balaban J connectivity index is 1.72. The zero-order chi connectivity index (χ0) is 18.7. The Hall–Kier alpha value is -2.89. The molecule has 0 saturated carbocycles. The summed E-state index contributed by atoms with van der Waals surface area (Å²) in [6.45, 7) is 8.78. The number of hydrogen-bond acceptors (Lipinski definition) is 4. The molecule has 1 N–H and O–H groups in total. The minimum Gasteiger partial charge on any atom is -0.361 e. The molecule has 136 valence electrons. The summed E-state index contributed by atoms with van der Waals surface area (Å²) in [7, 11) is 0. The first kappa shape index (κ1) is 17.9. The number of carbonyl (C=O) groups excluding carboxylic acids is 1. The van der Waals surface area contributed by atoms with E-state index in [0.717, 1.165) is 28.9 Å². The maximum absolute atomic E-state index is 12.6. The monoisotopic (exact) mass is 352 g/mol. The summed E-state index contributed by atoms with van der Waals surface area (Å²) in [5, 5.41) is 11.3. The SMILES string of the molecule is CCc1ccc(CNC(=O)c2noc(C)c2Cn2nc(C)cc2C)cc1. The largest absolute Gasteiger partial charge is 0.361 e. The van der Waals surface area contributed by atoms with E-state index in [9.17, 15) is 4.79 Å². The van der Waals surface area contributed by atoms with Crippen molar-refractivity contribution in [2.45, 2.75) is 47.2 Å². The molecule has 6 nitrogen and oxygen atoms in total. The number of carbonyl (C=O) groups is 1. The molecule has 2 aromatic heterocycles. The average molecular weight is 352 g/mol. The Morgan fingerprint density at radius 3 is 2.46 bits per heavy atom. The first-order valence-electron chi connectivity index (χ1n) is 8.80. The lowest BCUT2D eigenvalue weighted by Crippen LogP contribution is -2.24. The van der Waals surface area contributed by atoms with Crippen LogP contribution in [0.4, 0.5) is 0 Å². The van der Waals surface area contributed by atoms with E-state index in [4.69, 9.17) is 4.52 Å². The third-order valence-electron chi connectivity index (χ3n) is 4.50. The van der Waals surface area contributed by atoms with Crippen LogP contribution in [0.3, 0.4) is 0 Å². The number of benzene rings is 1. The van der Waals surface area contributed by atoms with Gasteiger partial charge in [0.05, 0.1) is 12.2 Å². The number of rotatable bonds is 6. The maximum Gasteiger partial charge on any atom is 0.274 e. The van der Waals surface area contributed by atoms with Gasteiger partial charge in [-0.25, -0.2) is 0 Å². The van der Waals surface area contributed by atoms with E-state index in [0.29, 0.717) is 24.5 Å². The predicted molar refractivity (Wildman–Crippen MR) is 99.0 cm³/mol. The molecule has 6 heteroatoms. The fraction of sp³-hybridized carbons (Fsp3) is 0.350. The lowest BCUT2D eigenvalue weighted by molar-refractivity contribution is 0.0941.